The Hall–Kier alpha value is -3.64. The molecule has 0 saturated carbocycles. The van der Waals surface area contributed by atoms with Gasteiger partial charge in [-0.25, -0.2) is 4.98 Å². The van der Waals surface area contributed by atoms with Crippen molar-refractivity contribution in [3.05, 3.63) is 84.2 Å². The molecule has 4 aromatic rings. The van der Waals surface area contributed by atoms with Crippen LogP contribution in [0.5, 0.6) is 11.5 Å². The Labute approximate surface area is 166 Å². The van der Waals surface area contributed by atoms with E-state index in [2.05, 4.69) is 9.97 Å². The summed E-state index contributed by atoms with van der Waals surface area (Å²) in [6, 6.07) is 21.8. The maximum Gasteiger partial charge on any atom is 0.228 e. The number of nitrogens with one attached hydrogen (secondary N) is 1. The number of imidazole rings is 1. The van der Waals surface area contributed by atoms with E-state index in [1.54, 1.807) is 42.5 Å². The van der Waals surface area contributed by atoms with Crippen molar-refractivity contribution >= 4 is 22.5 Å². The second-order valence-electron chi connectivity index (χ2n) is 5.63. The number of nitrogen functional groups attached to an aromatic ring is 1. The van der Waals surface area contributed by atoms with Crippen LogP contribution in [-0.2, 0) is 0 Å². The van der Waals surface area contributed by atoms with Gasteiger partial charge in [0.1, 0.15) is 11.5 Å². The molecule has 28 heavy (non-hydrogen) atoms. The normalized spacial score (nSPS) is 9.79. The van der Waals surface area contributed by atoms with E-state index in [0.717, 1.165) is 11.3 Å². The number of hydrogen-bond donors (Lipinski definition) is 2. The Balaban J connectivity index is 0.00000163. The number of aromatic amines is 1. The Morgan fingerprint density at radius 3 is 2.29 bits per heavy atom. The standard InChI is InChI=1S/C20H15N3O2.C2H6.H2O.2H2/c21-14-8-11-17-18(12-14)23-20(22-17)19(24)13-6-9-16(10-7-13)25-15-4-2-1-3-5-15;1-2;;;/h1-12H,21H2,(H,22,23);1-2H3;1H2;2*1H. The second-order valence-corrected chi connectivity index (χ2v) is 5.63. The van der Waals surface area contributed by atoms with Gasteiger partial charge in [-0.05, 0) is 54.6 Å². The monoisotopic (exact) mass is 381 g/mol. The van der Waals surface area contributed by atoms with Crippen molar-refractivity contribution in [2.75, 3.05) is 5.73 Å². The van der Waals surface area contributed by atoms with E-state index in [0.29, 0.717) is 22.5 Å². The summed E-state index contributed by atoms with van der Waals surface area (Å²) in [4.78, 5) is 20.0. The molecule has 0 aliphatic heterocycles. The van der Waals surface area contributed by atoms with Crippen molar-refractivity contribution in [3.8, 4) is 11.5 Å². The summed E-state index contributed by atoms with van der Waals surface area (Å²) in [7, 11) is 0. The fraction of sp³-hybridized carbons (Fsp3) is 0.0909. The highest BCUT2D eigenvalue weighted by molar-refractivity contribution is 6.08. The average Bonchev–Trinajstić information content (AvgIpc) is 3.13. The molecule has 148 valence electrons. The lowest BCUT2D eigenvalue weighted by atomic mass is 10.1. The minimum Gasteiger partial charge on any atom is -0.457 e. The zero-order valence-corrected chi connectivity index (χ0v) is 15.8. The summed E-state index contributed by atoms with van der Waals surface area (Å²) in [6.07, 6.45) is 0. The van der Waals surface area contributed by atoms with Gasteiger partial charge in [0.2, 0.25) is 5.78 Å². The van der Waals surface area contributed by atoms with Crippen LogP contribution < -0.4 is 10.5 Å². The summed E-state index contributed by atoms with van der Waals surface area (Å²) in [5.41, 5.74) is 8.36. The zero-order chi connectivity index (χ0) is 19.2. The van der Waals surface area contributed by atoms with E-state index in [-0.39, 0.29) is 19.9 Å². The summed E-state index contributed by atoms with van der Waals surface area (Å²) in [5, 5.41) is 0. The largest absolute Gasteiger partial charge is 0.457 e. The van der Waals surface area contributed by atoms with E-state index in [9.17, 15) is 4.79 Å². The van der Waals surface area contributed by atoms with Crippen molar-refractivity contribution in [1.82, 2.24) is 9.97 Å². The topological polar surface area (TPSA) is 112 Å². The van der Waals surface area contributed by atoms with Crippen LogP contribution in [0.25, 0.3) is 11.0 Å². The first-order valence-electron chi connectivity index (χ1n) is 8.82. The Bertz CT molecular complexity index is 1050. The minimum atomic E-state index is -0.180. The Kier molecular flexibility index (Phi) is 6.90. The molecule has 0 atom stereocenters. The molecule has 0 unspecified atom stereocenters. The number of ether oxygens (including phenoxy) is 1. The molecular formula is C22H27N3O3. The number of anilines is 1. The Morgan fingerprint density at radius 1 is 0.964 bits per heavy atom. The first-order valence-corrected chi connectivity index (χ1v) is 8.82. The number of H-pyrrole nitrogens is 1. The first kappa shape index (κ1) is 20.7. The number of aromatic nitrogens is 2. The lowest BCUT2D eigenvalue weighted by Gasteiger charge is -2.05. The van der Waals surface area contributed by atoms with Gasteiger partial charge in [0.15, 0.2) is 5.82 Å². The molecule has 6 nitrogen and oxygen atoms in total. The summed E-state index contributed by atoms with van der Waals surface area (Å²) >= 11 is 0. The van der Waals surface area contributed by atoms with E-state index in [1.807, 2.05) is 44.2 Å². The van der Waals surface area contributed by atoms with E-state index >= 15 is 0 Å². The predicted octanol–water partition coefficient (Wildman–Crippen LogP) is 4.86. The van der Waals surface area contributed by atoms with Gasteiger partial charge >= 0.3 is 0 Å². The number of para-hydroxylation sites is 1. The SMILES string of the molecule is CC.Nc1ccc2nc(C(=O)c3ccc(Oc4ccccc4)cc3)[nH]c2c1.O.[HH].[HH]. The maximum absolute atomic E-state index is 12.6. The molecule has 4 rings (SSSR count). The first-order chi connectivity index (χ1) is 13.2. The number of fused-ring (bicyclic) bond motifs is 1. The number of rotatable bonds is 4. The van der Waals surface area contributed by atoms with Crippen molar-refractivity contribution in [3.63, 3.8) is 0 Å². The minimum absolute atomic E-state index is 0. The Morgan fingerprint density at radius 2 is 1.61 bits per heavy atom. The quantitative estimate of drug-likeness (QED) is 0.388. The van der Waals surface area contributed by atoms with Gasteiger partial charge in [0.25, 0.3) is 0 Å². The molecular weight excluding hydrogens is 354 g/mol. The lowest BCUT2D eigenvalue weighted by molar-refractivity contribution is 0.103. The van der Waals surface area contributed by atoms with Gasteiger partial charge in [0, 0.05) is 14.1 Å². The fourth-order valence-corrected chi connectivity index (χ4v) is 2.57. The summed E-state index contributed by atoms with van der Waals surface area (Å²) in [6.45, 7) is 4.00. The van der Waals surface area contributed by atoms with Crippen LogP contribution in [0, 0.1) is 0 Å². The van der Waals surface area contributed by atoms with Crippen LogP contribution in [0.4, 0.5) is 5.69 Å². The van der Waals surface area contributed by atoms with Crippen molar-refractivity contribution in [1.29, 1.82) is 0 Å². The number of hydrogen-bond acceptors (Lipinski definition) is 4. The van der Waals surface area contributed by atoms with Crippen LogP contribution in [0.1, 0.15) is 32.9 Å². The smallest absolute Gasteiger partial charge is 0.228 e. The molecule has 3 aromatic carbocycles. The van der Waals surface area contributed by atoms with E-state index in [1.165, 1.54) is 0 Å². The number of nitrogens with zero attached hydrogens (tertiary/aromatic N) is 1. The van der Waals surface area contributed by atoms with Crippen LogP contribution in [0.15, 0.2) is 72.8 Å². The summed E-state index contributed by atoms with van der Waals surface area (Å²) in [5.74, 6) is 1.52. The number of carbonyl (C=O) groups is 1. The van der Waals surface area contributed by atoms with Crippen molar-refractivity contribution < 1.29 is 17.9 Å². The second kappa shape index (κ2) is 9.34. The zero-order valence-electron chi connectivity index (χ0n) is 15.8. The van der Waals surface area contributed by atoms with Gasteiger partial charge in [-0.1, -0.05) is 32.0 Å². The highest BCUT2D eigenvalue weighted by Gasteiger charge is 2.14. The molecule has 0 spiro atoms. The number of benzene rings is 3. The van der Waals surface area contributed by atoms with Crippen LogP contribution in [-0.4, -0.2) is 21.2 Å². The highest BCUT2D eigenvalue weighted by atomic mass is 16.5. The van der Waals surface area contributed by atoms with Crippen molar-refractivity contribution in [2.45, 2.75) is 13.8 Å². The molecule has 1 aromatic heterocycles. The van der Waals surface area contributed by atoms with Gasteiger partial charge in [0.05, 0.1) is 11.0 Å². The highest BCUT2D eigenvalue weighted by Crippen LogP contribution is 2.22. The third kappa shape index (κ3) is 4.55. The molecule has 0 fully saturated rings. The molecule has 0 radical (unpaired) electrons. The molecule has 0 amide bonds. The number of nitrogens with two attached hydrogens (primary N) is 1. The molecule has 0 aliphatic rings. The third-order valence-electron chi connectivity index (χ3n) is 3.82. The van der Waals surface area contributed by atoms with Gasteiger partial charge in [-0.3, -0.25) is 4.79 Å². The van der Waals surface area contributed by atoms with Crippen LogP contribution in [0.2, 0.25) is 0 Å². The van der Waals surface area contributed by atoms with Gasteiger partial charge < -0.3 is 20.9 Å². The molecule has 0 aliphatic carbocycles. The van der Waals surface area contributed by atoms with Crippen LogP contribution >= 0.6 is 0 Å². The molecule has 5 N–H and O–H groups in total. The lowest BCUT2D eigenvalue weighted by Crippen LogP contribution is -2.03. The molecule has 6 heteroatoms. The third-order valence-corrected chi connectivity index (χ3v) is 3.82. The van der Waals surface area contributed by atoms with E-state index < -0.39 is 0 Å². The van der Waals surface area contributed by atoms with E-state index in [4.69, 9.17) is 10.5 Å². The summed E-state index contributed by atoms with van der Waals surface area (Å²) < 4.78 is 5.73. The van der Waals surface area contributed by atoms with Gasteiger partial charge in [-0.15, -0.1) is 0 Å². The van der Waals surface area contributed by atoms with Crippen LogP contribution in [0.3, 0.4) is 0 Å². The number of ketones is 1. The van der Waals surface area contributed by atoms with Gasteiger partial charge in [-0.2, -0.15) is 0 Å². The van der Waals surface area contributed by atoms with Crippen molar-refractivity contribution in [2.24, 2.45) is 0 Å². The maximum atomic E-state index is 12.6. The predicted molar refractivity (Wildman–Crippen MR) is 116 cm³/mol. The fourth-order valence-electron chi connectivity index (χ4n) is 2.57. The number of carbonyl (C=O) groups excluding carboxylic acids is 1. The average molecular weight is 381 g/mol. The molecule has 0 bridgehead atoms. The molecule has 0 saturated heterocycles. The molecule has 1 heterocycles.